The fourth-order valence-corrected chi connectivity index (χ4v) is 21.9. The van der Waals surface area contributed by atoms with Crippen molar-refractivity contribution in [1.29, 1.82) is 0 Å². The van der Waals surface area contributed by atoms with Gasteiger partial charge in [-0.05, 0) is 177 Å². The second-order valence-electron chi connectivity index (χ2n) is 37.8. The third kappa shape index (κ3) is 25.3. The van der Waals surface area contributed by atoms with Crippen LogP contribution in [0.25, 0.3) is 0 Å². The molecule has 2 saturated heterocycles. The summed E-state index contributed by atoms with van der Waals surface area (Å²) in [6.07, 6.45) is 8.04. The van der Waals surface area contributed by atoms with E-state index in [2.05, 4.69) is 217 Å². The van der Waals surface area contributed by atoms with Crippen LogP contribution in [0.4, 0.5) is 0 Å². The van der Waals surface area contributed by atoms with E-state index in [9.17, 15) is 13.2 Å². The lowest BCUT2D eigenvalue weighted by Gasteiger charge is -2.52. The van der Waals surface area contributed by atoms with Crippen LogP contribution in [-0.2, 0) is 67.1 Å². The molecule has 0 aliphatic carbocycles. The molecule has 2 fully saturated rings. The first-order valence-electron chi connectivity index (χ1n) is 38.9. The van der Waals surface area contributed by atoms with E-state index in [0.29, 0.717) is 35.8 Å². The Morgan fingerprint density at radius 1 is 0.670 bits per heavy atom. The molecule has 20 heteroatoms. The van der Waals surface area contributed by atoms with E-state index in [1.807, 2.05) is 84.0 Å². The zero-order valence-corrected chi connectivity index (χ0v) is 77.9. The van der Waals surface area contributed by atoms with Gasteiger partial charge in [0, 0.05) is 66.4 Å². The molecule has 103 heavy (non-hydrogen) atoms. The molecule has 0 radical (unpaired) electrons. The molecule has 1 spiro atoms. The molecule has 0 N–H and O–H groups in total. The van der Waals surface area contributed by atoms with Crippen molar-refractivity contribution in [2.75, 3.05) is 13.7 Å². The Labute approximate surface area is 647 Å². The number of esters is 1. The van der Waals surface area contributed by atoms with Crippen LogP contribution >= 0.6 is 22.6 Å². The highest BCUT2D eigenvalue weighted by Crippen LogP contribution is 2.49. The van der Waals surface area contributed by atoms with E-state index in [-0.39, 0.29) is 68.3 Å². The number of methoxy groups -OCH3 is 1. The van der Waals surface area contributed by atoms with Gasteiger partial charge >= 0.3 is 5.97 Å². The second kappa shape index (κ2) is 37.4. The molecule has 18 atom stereocenters. The molecule has 14 nitrogen and oxygen atoms in total. The van der Waals surface area contributed by atoms with Gasteiger partial charge in [0.15, 0.2) is 39.1 Å². The summed E-state index contributed by atoms with van der Waals surface area (Å²) in [5.74, 6) is -3.12. The van der Waals surface area contributed by atoms with E-state index in [1.54, 1.807) is 13.2 Å². The minimum absolute atomic E-state index is 0.0000514. The van der Waals surface area contributed by atoms with Gasteiger partial charge in [0.1, 0.15) is 17.6 Å². The molecule has 2 aromatic carbocycles. The van der Waals surface area contributed by atoms with Crippen LogP contribution in [0.15, 0.2) is 63.6 Å². The van der Waals surface area contributed by atoms with Gasteiger partial charge in [0.05, 0.1) is 61.8 Å². The molecule has 2 aliphatic heterocycles. The number of hydrogen-bond donors (Lipinski definition) is 0. The Bertz CT molecular complexity index is 3180. The Hall–Kier alpha value is -1.91. The van der Waals surface area contributed by atoms with Gasteiger partial charge < -0.3 is 41.4 Å². The lowest BCUT2D eigenvalue weighted by molar-refractivity contribution is -0.347. The normalized spacial score (nSPS) is 23.9. The lowest BCUT2D eigenvalue weighted by atomic mass is 9.76. The molecule has 2 heterocycles. The summed E-state index contributed by atoms with van der Waals surface area (Å²) in [6, 6.07) is 11.6. The smallest absolute Gasteiger partial charge is 0.330 e. The number of aryl methyl sites for hydroxylation is 3. The molecule has 0 unspecified atom stereocenters. The predicted molar refractivity (Wildman–Crippen MR) is 444 cm³/mol. The second-order valence-corrected chi connectivity index (χ2v) is 59.1. The standard InChI is InChI=1S/C83H147IO14SSi4/c1-35-66(45-47-84)39-42-69-61(9)71(51-83(93-69)46-44-55(3)70(94-83)50-60(8)95-100(27,28)79(14,15)16)92-72(85)43-36-56(4)74(96-101(29,30)80(17,18)19)62(10)73(86)63(11)77(98-103(33,34)82(23,24)25)65(13)76(90-53-67-37-40-68(89-26)41-38-67)64(12)75(97-102(31,32)81(20,21)22)59(7)52-91-99(87,88)78-57(5)48-54(2)49-58(78)6/h36-38,40-41,43,45,47-49,55-56,59-66,69-71,74-77H,35,39,42,44,46,50-53H2,1-34H3/b43-36+,47-45+/t55-,56-,59+,60+,61+,62+,63-,64-,65+,66+,69-,70-,71-,74+,75-,76+,77+,83-/m0/s1. The van der Waals surface area contributed by atoms with E-state index in [0.717, 1.165) is 49.0 Å². The zero-order chi connectivity index (χ0) is 78.9. The van der Waals surface area contributed by atoms with Crippen molar-refractivity contribution in [3.05, 3.63) is 81.0 Å². The van der Waals surface area contributed by atoms with Crippen LogP contribution in [0.2, 0.25) is 72.5 Å². The molecular formula is C83H147IO14SSi4. The monoisotopic (exact) mass is 1640 g/mol. The van der Waals surface area contributed by atoms with Crippen molar-refractivity contribution in [2.24, 2.45) is 53.3 Å². The van der Waals surface area contributed by atoms with Gasteiger partial charge in [-0.1, -0.05) is 210 Å². The fraction of sp³-hybridized carbons (Fsp3) is 0.783. The van der Waals surface area contributed by atoms with Gasteiger partial charge in [0.25, 0.3) is 10.1 Å². The number of rotatable bonds is 36. The highest BCUT2D eigenvalue weighted by Gasteiger charge is 2.54. The van der Waals surface area contributed by atoms with E-state index in [1.165, 1.54) is 0 Å². The number of carbonyl (C=O) groups is 2. The summed E-state index contributed by atoms with van der Waals surface area (Å²) in [6.45, 7) is 71.6. The van der Waals surface area contributed by atoms with Crippen LogP contribution in [-0.4, -0.2) is 122 Å². The van der Waals surface area contributed by atoms with Crippen LogP contribution in [0, 0.1) is 74.0 Å². The average molecular weight is 1640 g/mol. The average Bonchev–Trinajstić information content (AvgIpc) is 0.775. The van der Waals surface area contributed by atoms with Gasteiger partial charge in [-0.15, -0.1) is 0 Å². The largest absolute Gasteiger partial charge is 0.497 e. The minimum atomic E-state index is -4.19. The number of halogens is 1. The SMILES string of the molecule is CC[C@@H](/C=C/I)CC[C@@H]1O[C@]2(CC[C@H](C)[C@H](C[C@@H](C)O[Si](C)(C)C(C)(C)C)O2)C[C@H](OC(=O)/C=C/[C@H](C)[C@@H](O[Si](C)(C)C(C)(C)C)[C@H](C)C(=O)[C@H](C)[C@@H](O[Si](C)(C)C(C)(C)C)[C@H](C)[C@H](OCc2ccc(OC)cc2)[C@@H](C)[C@@H](O[Si](C)(C)C(C)(C)C)[C@H](C)COS(=O)(=O)c2c(C)cc(C)cc2C)[C@@H]1C. The topological polar surface area (TPSA) is 161 Å². The van der Waals surface area contributed by atoms with Gasteiger partial charge in [-0.2, -0.15) is 8.42 Å². The summed E-state index contributed by atoms with van der Waals surface area (Å²) < 4.78 is 101. The number of ether oxygens (including phenoxy) is 5. The highest BCUT2D eigenvalue weighted by molar-refractivity contribution is 14.1. The Kier molecular flexibility index (Phi) is 33.9. The number of Topliss-reactive ketones (excluding diaryl/α,β-unsaturated/α-hetero) is 1. The maximum Gasteiger partial charge on any atom is 0.330 e. The van der Waals surface area contributed by atoms with Crippen molar-refractivity contribution in [3.8, 4) is 5.75 Å². The molecule has 2 aromatic rings. The number of hydrogen-bond acceptors (Lipinski definition) is 14. The first-order chi connectivity index (χ1) is 46.9. The van der Waals surface area contributed by atoms with Gasteiger partial charge in [-0.25, -0.2) is 4.79 Å². The number of carbonyl (C=O) groups excluding carboxylic acids is 2. The predicted octanol–water partition coefficient (Wildman–Crippen LogP) is 22.4. The van der Waals surface area contributed by atoms with Crippen LogP contribution in [0.1, 0.15) is 220 Å². The van der Waals surface area contributed by atoms with Crippen molar-refractivity contribution < 1.29 is 63.6 Å². The molecule has 2 aliphatic rings. The van der Waals surface area contributed by atoms with E-state index < -0.39 is 121 Å². The van der Waals surface area contributed by atoms with Crippen molar-refractivity contribution >= 4 is 77.7 Å². The molecule has 0 saturated carbocycles. The number of allylic oxidation sites excluding steroid dienone is 1. The summed E-state index contributed by atoms with van der Waals surface area (Å²) in [7, 11) is -12.5. The molecule has 4 rings (SSSR count). The summed E-state index contributed by atoms with van der Waals surface area (Å²) in [5, 5.41) is -0.604. The van der Waals surface area contributed by atoms with Crippen LogP contribution < -0.4 is 4.74 Å². The van der Waals surface area contributed by atoms with Crippen molar-refractivity contribution in [2.45, 2.75) is 357 Å². The fourth-order valence-electron chi connectivity index (χ4n) is 14.1. The molecule has 592 valence electrons. The summed E-state index contributed by atoms with van der Waals surface area (Å²) in [5.41, 5.74) is 3.17. The maximum absolute atomic E-state index is 16.3. The highest BCUT2D eigenvalue weighted by atomic mass is 127. The molecule has 0 bridgehead atoms. The van der Waals surface area contributed by atoms with Crippen LogP contribution in [0.3, 0.4) is 0 Å². The summed E-state index contributed by atoms with van der Waals surface area (Å²) in [4.78, 5) is 31.2. The van der Waals surface area contributed by atoms with Gasteiger partial charge in [0.2, 0.25) is 0 Å². The molecule has 0 aromatic heterocycles. The Morgan fingerprint density at radius 3 is 1.64 bits per heavy atom. The van der Waals surface area contributed by atoms with Crippen LogP contribution in [0.5, 0.6) is 5.75 Å². The van der Waals surface area contributed by atoms with Gasteiger partial charge in [-0.3, -0.25) is 8.98 Å². The van der Waals surface area contributed by atoms with E-state index >= 15 is 4.79 Å². The molecule has 0 amide bonds. The third-order valence-electron chi connectivity index (χ3n) is 25.1. The minimum Gasteiger partial charge on any atom is -0.497 e. The van der Waals surface area contributed by atoms with Crippen molar-refractivity contribution in [3.63, 3.8) is 0 Å². The summed E-state index contributed by atoms with van der Waals surface area (Å²) >= 11 is 2.31. The Morgan fingerprint density at radius 2 is 1.15 bits per heavy atom. The lowest BCUT2D eigenvalue weighted by Crippen LogP contribution is -2.57. The van der Waals surface area contributed by atoms with E-state index in [4.69, 9.17) is 45.6 Å². The first kappa shape index (κ1) is 93.5. The van der Waals surface area contributed by atoms with Crippen molar-refractivity contribution in [1.82, 2.24) is 0 Å². The first-order valence-corrected chi connectivity index (χ1v) is 53.2. The maximum atomic E-state index is 16.3. The number of ketones is 1. The quantitative estimate of drug-likeness (QED) is 0.0208. The number of benzene rings is 2. The third-order valence-corrected chi connectivity index (χ3v) is 45.1. The molecular weight excluding hydrogens is 1490 g/mol. The zero-order valence-electron chi connectivity index (χ0n) is 71.0. The Balaban J connectivity index is 1.85.